The highest BCUT2D eigenvalue weighted by Crippen LogP contribution is 2.24. The second kappa shape index (κ2) is 3.53. The van der Waals surface area contributed by atoms with Crippen LogP contribution in [0.15, 0.2) is 12.1 Å². The fourth-order valence-electron chi connectivity index (χ4n) is 1.31. The predicted octanol–water partition coefficient (Wildman–Crippen LogP) is 1.62. The van der Waals surface area contributed by atoms with Crippen LogP contribution in [0.25, 0.3) is 0 Å². The van der Waals surface area contributed by atoms with Crippen LogP contribution in [-0.2, 0) is 0 Å². The molecule has 1 heterocycles. The number of ether oxygens (including phenoxy) is 1. The van der Waals surface area contributed by atoms with Crippen LogP contribution in [0.2, 0.25) is 0 Å². The quantitative estimate of drug-likeness (QED) is 0.781. The molecule has 1 fully saturated rings. The lowest BCUT2D eigenvalue weighted by Crippen LogP contribution is -2.50. The van der Waals surface area contributed by atoms with E-state index < -0.39 is 11.6 Å². The molecule has 0 amide bonds. The maximum absolute atomic E-state index is 13.2. The maximum Gasteiger partial charge on any atom is 0.191 e. The van der Waals surface area contributed by atoms with Crippen molar-refractivity contribution in [3.05, 3.63) is 29.3 Å². The van der Waals surface area contributed by atoms with Gasteiger partial charge in [0.2, 0.25) is 0 Å². The summed E-state index contributed by atoms with van der Waals surface area (Å²) in [6.07, 6.45) is -0.110. The Morgan fingerprint density at radius 2 is 1.86 bits per heavy atom. The number of benzene rings is 1. The average molecular weight is 199 g/mol. The van der Waals surface area contributed by atoms with E-state index in [1.54, 1.807) is 6.92 Å². The lowest BCUT2D eigenvalue weighted by atomic mass is 10.2. The van der Waals surface area contributed by atoms with Gasteiger partial charge in [-0.25, -0.2) is 8.78 Å². The first-order valence-electron chi connectivity index (χ1n) is 4.50. The zero-order chi connectivity index (χ0) is 10.1. The number of hydrogen-bond donors (Lipinski definition) is 1. The molecule has 0 aliphatic carbocycles. The van der Waals surface area contributed by atoms with E-state index >= 15 is 0 Å². The molecule has 1 aliphatic rings. The number of hydrogen-bond acceptors (Lipinski definition) is 2. The van der Waals surface area contributed by atoms with E-state index in [1.165, 1.54) is 12.1 Å². The summed E-state index contributed by atoms with van der Waals surface area (Å²) in [7, 11) is 0. The molecule has 1 aromatic rings. The molecule has 0 atom stereocenters. The largest absolute Gasteiger partial charge is 0.482 e. The van der Waals surface area contributed by atoms with Crippen molar-refractivity contribution in [1.82, 2.24) is 5.32 Å². The Morgan fingerprint density at radius 1 is 1.29 bits per heavy atom. The van der Waals surface area contributed by atoms with Gasteiger partial charge in [0.15, 0.2) is 17.4 Å². The van der Waals surface area contributed by atoms with Crippen molar-refractivity contribution in [2.75, 3.05) is 13.1 Å². The molecule has 2 rings (SSSR count). The molecule has 0 bridgehead atoms. The van der Waals surface area contributed by atoms with Crippen LogP contribution in [0.1, 0.15) is 5.56 Å². The third kappa shape index (κ3) is 1.70. The van der Waals surface area contributed by atoms with Gasteiger partial charge in [-0.15, -0.1) is 0 Å². The van der Waals surface area contributed by atoms with E-state index in [9.17, 15) is 8.78 Å². The standard InChI is InChI=1S/C10H11F2NO/c1-6-2-8(11)10(9(12)3-6)14-7-4-13-5-7/h2-3,7,13H,4-5H2,1H3. The summed E-state index contributed by atoms with van der Waals surface area (Å²) in [5.74, 6) is -1.52. The highest BCUT2D eigenvalue weighted by atomic mass is 19.1. The summed E-state index contributed by atoms with van der Waals surface area (Å²) >= 11 is 0. The van der Waals surface area contributed by atoms with Crippen molar-refractivity contribution in [2.24, 2.45) is 0 Å². The van der Waals surface area contributed by atoms with Gasteiger partial charge in [-0.3, -0.25) is 0 Å². The SMILES string of the molecule is Cc1cc(F)c(OC2CNC2)c(F)c1. The van der Waals surface area contributed by atoms with Crippen LogP contribution in [0.4, 0.5) is 8.78 Å². The van der Waals surface area contributed by atoms with Gasteiger partial charge in [-0.2, -0.15) is 0 Å². The maximum atomic E-state index is 13.2. The predicted molar refractivity (Wildman–Crippen MR) is 48.4 cm³/mol. The lowest BCUT2D eigenvalue weighted by Gasteiger charge is -2.28. The molecule has 0 saturated carbocycles. The van der Waals surface area contributed by atoms with E-state index in [2.05, 4.69) is 5.32 Å². The van der Waals surface area contributed by atoms with E-state index in [0.717, 1.165) is 0 Å². The van der Waals surface area contributed by atoms with Crippen molar-refractivity contribution in [3.63, 3.8) is 0 Å². The van der Waals surface area contributed by atoms with Gasteiger partial charge in [0.25, 0.3) is 0 Å². The zero-order valence-electron chi connectivity index (χ0n) is 7.81. The van der Waals surface area contributed by atoms with Gasteiger partial charge in [0, 0.05) is 13.1 Å². The Kier molecular flexibility index (Phi) is 2.37. The summed E-state index contributed by atoms with van der Waals surface area (Å²) in [5.41, 5.74) is 0.555. The summed E-state index contributed by atoms with van der Waals surface area (Å²) in [4.78, 5) is 0. The second-order valence-corrected chi connectivity index (χ2v) is 3.46. The summed E-state index contributed by atoms with van der Waals surface area (Å²) in [6, 6.07) is 2.54. The van der Waals surface area contributed by atoms with E-state index in [-0.39, 0.29) is 11.9 Å². The molecule has 0 aromatic heterocycles. The molecule has 1 aromatic carbocycles. The Balaban J connectivity index is 2.22. The molecule has 4 heteroatoms. The van der Waals surface area contributed by atoms with Crippen LogP contribution in [0, 0.1) is 18.6 Å². The molecule has 1 aliphatic heterocycles. The molecule has 76 valence electrons. The Morgan fingerprint density at radius 3 is 2.29 bits per heavy atom. The van der Waals surface area contributed by atoms with Crippen molar-refractivity contribution in [3.8, 4) is 5.75 Å². The van der Waals surface area contributed by atoms with Crippen molar-refractivity contribution < 1.29 is 13.5 Å². The summed E-state index contributed by atoms with van der Waals surface area (Å²) < 4.78 is 31.6. The van der Waals surface area contributed by atoms with Crippen molar-refractivity contribution >= 4 is 0 Å². The molecular weight excluding hydrogens is 188 g/mol. The monoisotopic (exact) mass is 199 g/mol. The number of rotatable bonds is 2. The molecule has 0 unspecified atom stereocenters. The van der Waals surface area contributed by atoms with Gasteiger partial charge in [-0.1, -0.05) is 0 Å². The van der Waals surface area contributed by atoms with Crippen molar-refractivity contribution in [1.29, 1.82) is 0 Å². The van der Waals surface area contributed by atoms with Crippen LogP contribution < -0.4 is 10.1 Å². The van der Waals surface area contributed by atoms with Gasteiger partial charge < -0.3 is 10.1 Å². The molecule has 1 N–H and O–H groups in total. The molecule has 1 saturated heterocycles. The fraction of sp³-hybridized carbons (Fsp3) is 0.400. The summed E-state index contributed by atoms with van der Waals surface area (Å²) in [5, 5.41) is 2.96. The van der Waals surface area contributed by atoms with Crippen LogP contribution in [0.5, 0.6) is 5.75 Å². The Hall–Kier alpha value is -1.16. The molecular formula is C10H11F2NO. The van der Waals surface area contributed by atoms with E-state index in [1.807, 2.05) is 0 Å². The lowest BCUT2D eigenvalue weighted by molar-refractivity contribution is 0.130. The van der Waals surface area contributed by atoms with Gasteiger partial charge >= 0.3 is 0 Å². The minimum atomic E-state index is -0.630. The third-order valence-electron chi connectivity index (χ3n) is 2.17. The number of aryl methyl sites for hydroxylation is 1. The van der Waals surface area contributed by atoms with E-state index in [4.69, 9.17) is 4.74 Å². The first-order valence-corrected chi connectivity index (χ1v) is 4.50. The highest BCUT2D eigenvalue weighted by molar-refractivity contribution is 5.31. The average Bonchev–Trinajstić information content (AvgIpc) is 1.98. The van der Waals surface area contributed by atoms with Crippen LogP contribution in [-0.4, -0.2) is 19.2 Å². The molecule has 2 nitrogen and oxygen atoms in total. The normalized spacial score (nSPS) is 16.5. The minimum Gasteiger partial charge on any atom is -0.482 e. The van der Waals surface area contributed by atoms with E-state index in [0.29, 0.717) is 18.7 Å². The summed E-state index contributed by atoms with van der Waals surface area (Å²) in [6.45, 7) is 2.93. The first kappa shape index (κ1) is 9.40. The molecule has 14 heavy (non-hydrogen) atoms. The first-order chi connectivity index (χ1) is 6.66. The smallest absolute Gasteiger partial charge is 0.191 e. The van der Waals surface area contributed by atoms with Crippen molar-refractivity contribution in [2.45, 2.75) is 13.0 Å². The van der Waals surface area contributed by atoms with Crippen LogP contribution in [0.3, 0.4) is 0 Å². The van der Waals surface area contributed by atoms with Gasteiger partial charge in [0.05, 0.1) is 0 Å². The van der Waals surface area contributed by atoms with Gasteiger partial charge in [0.1, 0.15) is 6.10 Å². The topological polar surface area (TPSA) is 21.3 Å². The molecule has 0 spiro atoms. The number of nitrogens with one attached hydrogen (secondary N) is 1. The highest BCUT2D eigenvalue weighted by Gasteiger charge is 2.22. The van der Waals surface area contributed by atoms with Crippen LogP contribution >= 0.6 is 0 Å². The molecule has 0 radical (unpaired) electrons. The third-order valence-corrected chi connectivity index (χ3v) is 2.17. The Bertz CT molecular complexity index is 327. The Labute approximate surface area is 80.9 Å². The zero-order valence-corrected chi connectivity index (χ0v) is 7.81. The van der Waals surface area contributed by atoms with Gasteiger partial charge in [-0.05, 0) is 24.6 Å². The second-order valence-electron chi connectivity index (χ2n) is 3.46. The number of halogens is 2. The fourth-order valence-corrected chi connectivity index (χ4v) is 1.31. The minimum absolute atomic E-state index is 0.110.